The van der Waals surface area contributed by atoms with Gasteiger partial charge < -0.3 is 14.5 Å². The Labute approximate surface area is 153 Å². The van der Waals surface area contributed by atoms with Crippen LogP contribution < -0.4 is 10.1 Å². The smallest absolute Gasteiger partial charge is 0.271 e. The Bertz CT molecular complexity index is 936. The molecule has 0 spiro atoms. The van der Waals surface area contributed by atoms with Crippen molar-refractivity contribution >= 4 is 34.2 Å². The Hall–Kier alpha value is -3.06. The predicted octanol–water partition coefficient (Wildman–Crippen LogP) is 4.25. The maximum Gasteiger partial charge on any atom is 0.271 e. The molecule has 3 rings (SSSR count). The van der Waals surface area contributed by atoms with E-state index in [1.165, 1.54) is 18.2 Å². The lowest BCUT2D eigenvalue weighted by Gasteiger charge is -2.12. The fourth-order valence-corrected chi connectivity index (χ4v) is 2.66. The number of carbonyl (C=O) groups is 1. The number of amides is 1. The van der Waals surface area contributed by atoms with Crippen molar-refractivity contribution in [1.82, 2.24) is 5.32 Å². The Morgan fingerprint density at radius 2 is 2.08 bits per heavy atom. The molecule has 0 aliphatic heterocycles. The minimum atomic E-state index is -0.558. The topological polar surface area (TPSA) is 94.6 Å². The number of ether oxygens (including phenoxy) is 1. The maximum atomic E-state index is 12.1. The number of para-hydroxylation sites is 1. The molecule has 26 heavy (non-hydrogen) atoms. The molecule has 1 amide bonds. The van der Waals surface area contributed by atoms with E-state index in [1.807, 2.05) is 30.3 Å². The van der Waals surface area contributed by atoms with Crippen molar-refractivity contribution in [1.29, 1.82) is 0 Å². The average molecular weight is 375 g/mol. The van der Waals surface area contributed by atoms with Gasteiger partial charge in [-0.1, -0.05) is 29.8 Å². The number of rotatable bonds is 6. The molecule has 0 radical (unpaired) electrons. The summed E-state index contributed by atoms with van der Waals surface area (Å²) in [6.07, 6.45) is 0. The highest BCUT2D eigenvalue weighted by Crippen LogP contribution is 2.28. The van der Waals surface area contributed by atoms with Crippen molar-refractivity contribution < 1.29 is 18.9 Å². The van der Waals surface area contributed by atoms with Crippen molar-refractivity contribution in [3.8, 4) is 5.75 Å². The SMILES string of the molecule is CC(NC(=O)COc1ccc([N+](=O)[O-])cc1Cl)c1cc2ccccc2o1. The molecule has 0 fully saturated rings. The minimum absolute atomic E-state index is 0.0670. The number of fused-ring (bicyclic) bond motifs is 1. The molecule has 0 aliphatic carbocycles. The van der Waals surface area contributed by atoms with Gasteiger partial charge in [0.1, 0.15) is 17.1 Å². The highest BCUT2D eigenvalue weighted by molar-refractivity contribution is 6.32. The van der Waals surface area contributed by atoms with E-state index < -0.39 is 4.92 Å². The van der Waals surface area contributed by atoms with Crippen molar-refractivity contribution in [2.45, 2.75) is 13.0 Å². The summed E-state index contributed by atoms with van der Waals surface area (Å²) in [6, 6.07) is 12.9. The van der Waals surface area contributed by atoms with Crippen LogP contribution in [0.25, 0.3) is 11.0 Å². The summed E-state index contributed by atoms with van der Waals surface area (Å²) in [7, 11) is 0. The number of nitro groups is 1. The number of carbonyl (C=O) groups excluding carboxylic acids is 1. The third kappa shape index (κ3) is 3.94. The monoisotopic (exact) mass is 374 g/mol. The quantitative estimate of drug-likeness (QED) is 0.514. The zero-order valence-electron chi connectivity index (χ0n) is 13.8. The molecule has 2 aromatic carbocycles. The lowest BCUT2D eigenvalue weighted by molar-refractivity contribution is -0.384. The second-order valence-corrected chi connectivity index (χ2v) is 6.04. The number of hydrogen-bond acceptors (Lipinski definition) is 5. The normalized spacial score (nSPS) is 11.9. The van der Waals surface area contributed by atoms with Crippen LogP contribution in [0.4, 0.5) is 5.69 Å². The summed E-state index contributed by atoms with van der Waals surface area (Å²) in [5, 5.41) is 14.5. The molecule has 1 atom stereocenters. The van der Waals surface area contributed by atoms with Crippen LogP contribution in [0.3, 0.4) is 0 Å². The second kappa shape index (κ2) is 7.45. The van der Waals surface area contributed by atoms with Crippen molar-refractivity contribution in [2.75, 3.05) is 6.61 Å². The van der Waals surface area contributed by atoms with Crippen molar-refractivity contribution in [3.63, 3.8) is 0 Å². The van der Waals surface area contributed by atoms with E-state index >= 15 is 0 Å². The molecule has 0 saturated heterocycles. The van der Waals surface area contributed by atoms with Gasteiger partial charge in [-0.15, -0.1) is 0 Å². The highest BCUT2D eigenvalue weighted by Gasteiger charge is 2.16. The van der Waals surface area contributed by atoms with E-state index in [0.717, 1.165) is 11.0 Å². The van der Waals surface area contributed by atoms with Crippen LogP contribution in [0.5, 0.6) is 5.75 Å². The lowest BCUT2D eigenvalue weighted by Crippen LogP contribution is -2.31. The van der Waals surface area contributed by atoms with Gasteiger partial charge in [0.15, 0.2) is 6.61 Å². The number of furan rings is 1. The van der Waals surface area contributed by atoms with Gasteiger partial charge in [0.2, 0.25) is 0 Å². The number of hydrogen-bond donors (Lipinski definition) is 1. The zero-order chi connectivity index (χ0) is 18.7. The Balaban J connectivity index is 1.59. The highest BCUT2D eigenvalue weighted by atomic mass is 35.5. The molecule has 1 heterocycles. The van der Waals surface area contributed by atoms with E-state index in [9.17, 15) is 14.9 Å². The molecule has 8 heteroatoms. The van der Waals surface area contributed by atoms with Crippen LogP contribution >= 0.6 is 11.6 Å². The molecule has 0 saturated carbocycles. The zero-order valence-corrected chi connectivity index (χ0v) is 14.5. The first kappa shape index (κ1) is 17.8. The van der Waals surface area contributed by atoms with E-state index in [0.29, 0.717) is 5.76 Å². The molecule has 7 nitrogen and oxygen atoms in total. The minimum Gasteiger partial charge on any atom is -0.482 e. The summed E-state index contributed by atoms with van der Waals surface area (Å²) in [6.45, 7) is 1.52. The molecule has 1 unspecified atom stereocenters. The fourth-order valence-electron chi connectivity index (χ4n) is 2.43. The van der Waals surface area contributed by atoms with Crippen LogP contribution in [0.2, 0.25) is 5.02 Å². The standard InChI is InChI=1S/C18H15ClN2O5/c1-11(17-8-12-4-2-3-5-15(12)26-17)20-18(22)10-25-16-7-6-13(21(23)24)9-14(16)19/h2-9,11H,10H2,1H3,(H,20,22). The van der Waals surface area contributed by atoms with Gasteiger partial charge in [-0.25, -0.2) is 0 Å². The van der Waals surface area contributed by atoms with Crippen molar-refractivity contribution in [2.24, 2.45) is 0 Å². The number of nitrogens with one attached hydrogen (secondary N) is 1. The first-order valence-electron chi connectivity index (χ1n) is 7.78. The summed E-state index contributed by atoms with van der Waals surface area (Å²) in [4.78, 5) is 22.2. The van der Waals surface area contributed by atoms with Crippen LogP contribution in [0.15, 0.2) is 52.9 Å². The summed E-state index contributed by atoms with van der Waals surface area (Å²) in [5.41, 5.74) is 0.600. The van der Waals surface area contributed by atoms with E-state index in [-0.39, 0.29) is 35.0 Å². The molecule has 0 bridgehead atoms. The third-order valence-electron chi connectivity index (χ3n) is 3.73. The van der Waals surface area contributed by atoms with Gasteiger partial charge in [0.25, 0.3) is 11.6 Å². The third-order valence-corrected chi connectivity index (χ3v) is 4.03. The molecular formula is C18H15ClN2O5. The predicted molar refractivity (Wildman–Crippen MR) is 96.4 cm³/mol. The Morgan fingerprint density at radius 1 is 1.31 bits per heavy atom. The largest absolute Gasteiger partial charge is 0.482 e. The number of nitrogens with zero attached hydrogens (tertiary/aromatic N) is 1. The fraction of sp³-hybridized carbons (Fsp3) is 0.167. The first-order valence-corrected chi connectivity index (χ1v) is 8.16. The van der Waals surface area contributed by atoms with Gasteiger partial charge in [0, 0.05) is 17.5 Å². The van der Waals surface area contributed by atoms with Crippen molar-refractivity contribution in [3.05, 3.63) is 69.4 Å². The molecule has 1 aromatic heterocycles. The average Bonchev–Trinajstić information content (AvgIpc) is 3.04. The summed E-state index contributed by atoms with van der Waals surface area (Å²) < 4.78 is 11.0. The number of halogens is 1. The molecule has 134 valence electrons. The molecule has 3 aromatic rings. The Kier molecular flexibility index (Phi) is 5.09. The Morgan fingerprint density at radius 3 is 2.77 bits per heavy atom. The second-order valence-electron chi connectivity index (χ2n) is 5.64. The van der Waals surface area contributed by atoms with E-state index in [4.69, 9.17) is 20.8 Å². The van der Waals surface area contributed by atoms with Gasteiger partial charge in [-0.05, 0) is 25.1 Å². The van der Waals surface area contributed by atoms with Gasteiger partial charge in [-0.3, -0.25) is 14.9 Å². The first-order chi connectivity index (χ1) is 12.4. The maximum absolute atomic E-state index is 12.1. The van der Waals surface area contributed by atoms with E-state index in [1.54, 1.807) is 6.92 Å². The molecular weight excluding hydrogens is 360 g/mol. The lowest BCUT2D eigenvalue weighted by atomic mass is 10.2. The number of nitro benzene ring substituents is 1. The number of non-ortho nitro benzene ring substituents is 1. The van der Waals surface area contributed by atoms with E-state index in [2.05, 4.69) is 5.32 Å². The summed E-state index contributed by atoms with van der Waals surface area (Å²) >= 11 is 5.93. The number of benzene rings is 2. The van der Waals surface area contributed by atoms with Crippen LogP contribution in [0.1, 0.15) is 18.7 Å². The molecule has 0 aliphatic rings. The van der Waals surface area contributed by atoms with Gasteiger partial charge >= 0.3 is 0 Å². The van der Waals surface area contributed by atoms with Crippen LogP contribution in [0, 0.1) is 10.1 Å². The molecule has 1 N–H and O–H groups in total. The summed E-state index contributed by atoms with van der Waals surface area (Å²) in [5.74, 6) is 0.462. The van der Waals surface area contributed by atoms with Gasteiger partial charge in [-0.2, -0.15) is 0 Å². The van der Waals surface area contributed by atoms with Crippen LogP contribution in [-0.2, 0) is 4.79 Å². The van der Waals surface area contributed by atoms with Crippen LogP contribution in [-0.4, -0.2) is 17.4 Å². The van der Waals surface area contributed by atoms with Gasteiger partial charge in [0.05, 0.1) is 16.0 Å².